The lowest BCUT2D eigenvalue weighted by molar-refractivity contribution is 0.0698. The van der Waals surface area contributed by atoms with Gasteiger partial charge in [0.1, 0.15) is 11.3 Å². The number of carboxylic acids is 1. The van der Waals surface area contributed by atoms with Gasteiger partial charge in [-0.2, -0.15) is 0 Å². The van der Waals surface area contributed by atoms with Gasteiger partial charge in [-0.1, -0.05) is 32.4 Å². The van der Waals surface area contributed by atoms with Gasteiger partial charge in [-0.05, 0) is 31.6 Å². The van der Waals surface area contributed by atoms with E-state index in [-0.39, 0.29) is 11.1 Å². The summed E-state index contributed by atoms with van der Waals surface area (Å²) in [5, 5.41) is 9.71. The molecular formula is C17H21FN2O2. The van der Waals surface area contributed by atoms with Crippen LogP contribution in [0.4, 0.5) is 4.39 Å². The van der Waals surface area contributed by atoms with Crippen molar-refractivity contribution in [1.29, 1.82) is 0 Å². The summed E-state index contributed by atoms with van der Waals surface area (Å²) in [4.78, 5) is 18.0. The molecule has 0 aliphatic carbocycles. The maximum absolute atomic E-state index is 14.0. The lowest BCUT2D eigenvalue weighted by Crippen LogP contribution is -2.24. The van der Waals surface area contributed by atoms with E-state index in [2.05, 4.69) is 23.7 Å². The van der Waals surface area contributed by atoms with Crippen molar-refractivity contribution in [2.24, 2.45) is 0 Å². The van der Waals surface area contributed by atoms with E-state index in [9.17, 15) is 14.3 Å². The fraction of sp³-hybridized carbons (Fsp3) is 0.412. The molecule has 4 nitrogen and oxygen atoms in total. The first-order valence-electron chi connectivity index (χ1n) is 7.60. The number of aromatic nitrogens is 1. The predicted molar refractivity (Wildman–Crippen MR) is 84.5 cm³/mol. The fourth-order valence-electron chi connectivity index (χ4n) is 2.48. The maximum Gasteiger partial charge on any atom is 0.336 e. The number of pyridine rings is 1. The summed E-state index contributed by atoms with van der Waals surface area (Å²) < 4.78 is 14.0. The summed E-state index contributed by atoms with van der Waals surface area (Å²) in [6.07, 6.45) is 2.16. The highest BCUT2D eigenvalue weighted by atomic mass is 19.1. The van der Waals surface area contributed by atoms with E-state index >= 15 is 0 Å². The average Bonchev–Trinajstić information content (AvgIpc) is 2.51. The number of unbranched alkanes of at least 4 members (excludes halogenated alkanes) is 1. The summed E-state index contributed by atoms with van der Waals surface area (Å²) in [5.74, 6) is -1.55. The summed E-state index contributed by atoms with van der Waals surface area (Å²) in [6.45, 7) is 6.47. The second-order valence-electron chi connectivity index (χ2n) is 5.32. The zero-order chi connectivity index (χ0) is 16.1. The van der Waals surface area contributed by atoms with E-state index < -0.39 is 11.8 Å². The largest absolute Gasteiger partial charge is 0.478 e. The first kappa shape index (κ1) is 16.4. The quantitative estimate of drug-likeness (QED) is 0.847. The molecule has 1 heterocycles. The molecule has 0 aliphatic heterocycles. The first-order valence-corrected chi connectivity index (χ1v) is 7.60. The van der Waals surface area contributed by atoms with Crippen molar-refractivity contribution in [3.8, 4) is 0 Å². The Morgan fingerprint density at radius 3 is 2.77 bits per heavy atom. The Labute approximate surface area is 129 Å². The number of benzene rings is 1. The van der Waals surface area contributed by atoms with E-state index in [1.165, 1.54) is 12.1 Å². The standard InChI is InChI=1S/C17H21FN2O2/c1-3-5-9-20(4-2)11-12-10-14(17(21)22)13-7-6-8-15(18)16(13)19-12/h6-8,10H,3-5,9,11H2,1-2H3,(H,21,22). The smallest absolute Gasteiger partial charge is 0.336 e. The minimum Gasteiger partial charge on any atom is -0.478 e. The number of nitrogens with zero attached hydrogens (tertiary/aromatic N) is 2. The second kappa shape index (κ2) is 7.31. The third-order valence-electron chi connectivity index (χ3n) is 3.73. The Morgan fingerprint density at radius 2 is 2.14 bits per heavy atom. The van der Waals surface area contributed by atoms with Crippen LogP contribution < -0.4 is 0 Å². The highest BCUT2D eigenvalue weighted by Crippen LogP contribution is 2.22. The Hall–Kier alpha value is -2.01. The van der Waals surface area contributed by atoms with E-state index in [4.69, 9.17) is 0 Å². The number of aromatic carboxylic acids is 1. The molecule has 2 aromatic rings. The molecule has 118 valence electrons. The number of carbonyl (C=O) groups is 1. The van der Waals surface area contributed by atoms with Crippen LogP contribution in [0.2, 0.25) is 0 Å². The van der Waals surface area contributed by atoms with Crippen molar-refractivity contribution < 1.29 is 14.3 Å². The molecule has 1 aromatic heterocycles. The SMILES string of the molecule is CCCCN(CC)Cc1cc(C(=O)O)c2cccc(F)c2n1. The summed E-state index contributed by atoms with van der Waals surface area (Å²) >= 11 is 0. The first-order chi connectivity index (χ1) is 10.6. The number of rotatable bonds is 7. The van der Waals surface area contributed by atoms with Gasteiger partial charge in [0, 0.05) is 11.9 Å². The van der Waals surface area contributed by atoms with Gasteiger partial charge in [0.05, 0.1) is 11.3 Å². The Balaban J connectivity index is 2.42. The molecule has 22 heavy (non-hydrogen) atoms. The van der Waals surface area contributed by atoms with Gasteiger partial charge in [-0.25, -0.2) is 14.2 Å². The second-order valence-corrected chi connectivity index (χ2v) is 5.32. The molecule has 0 aliphatic rings. The Bertz CT molecular complexity index is 673. The van der Waals surface area contributed by atoms with Crippen LogP contribution in [0.15, 0.2) is 24.3 Å². The number of fused-ring (bicyclic) bond motifs is 1. The van der Waals surface area contributed by atoms with Gasteiger partial charge < -0.3 is 5.11 Å². The van der Waals surface area contributed by atoms with E-state index in [1.807, 2.05) is 0 Å². The van der Waals surface area contributed by atoms with Crippen LogP contribution in [-0.4, -0.2) is 34.0 Å². The lowest BCUT2D eigenvalue weighted by atomic mass is 10.1. The van der Waals surface area contributed by atoms with Gasteiger partial charge >= 0.3 is 5.97 Å². The molecule has 0 atom stereocenters. The number of hydrogen-bond acceptors (Lipinski definition) is 3. The minimum atomic E-state index is -1.06. The summed E-state index contributed by atoms with van der Waals surface area (Å²) in [5.41, 5.74) is 0.822. The molecule has 0 saturated carbocycles. The normalized spacial score (nSPS) is 11.3. The highest BCUT2D eigenvalue weighted by Gasteiger charge is 2.15. The van der Waals surface area contributed by atoms with E-state index in [0.717, 1.165) is 25.9 Å². The van der Waals surface area contributed by atoms with Crippen LogP contribution in [0.25, 0.3) is 10.9 Å². The summed E-state index contributed by atoms with van der Waals surface area (Å²) in [6, 6.07) is 5.95. The molecular weight excluding hydrogens is 283 g/mol. The zero-order valence-corrected chi connectivity index (χ0v) is 13.0. The Kier molecular flexibility index (Phi) is 5.44. The van der Waals surface area contributed by atoms with Crippen LogP contribution >= 0.6 is 0 Å². The third kappa shape index (κ3) is 3.60. The minimum absolute atomic E-state index is 0.103. The average molecular weight is 304 g/mol. The molecule has 5 heteroatoms. The van der Waals surface area contributed by atoms with Crippen LogP contribution in [-0.2, 0) is 6.54 Å². The van der Waals surface area contributed by atoms with Crippen molar-refractivity contribution in [2.45, 2.75) is 33.2 Å². The molecule has 0 unspecified atom stereocenters. The van der Waals surface area contributed by atoms with Crippen molar-refractivity contribution >= 4 is 16.9 Å². The molecule has 0 bridgehead atoms. The van der Waals surface area contributed by atoms with Crippen LogP contribution in [0.3, 0.4) is 0 Å². The molecule has 0 fully saturated rings. The molecule has 1 N–H and O–H groups in total. The maximum atomic E-state index is 14.0. The van der Waals surface area contributed by atoms with E-state index in [1.54, 1.807) is 12.1 Å². The number of para-hydroxylation sites is 1. The van der Waals surface area contributed by atoms with Gasteiger partial charge in [0.15, 0.2) is 0 Å². The molecule has 2 rings (SSSR count). The number of carboxylic acid groups (broad SMARTS) is 1. The van der Waals surface area contributed by atoms with Gasteiger partial charge in [0.25, 0.3) is 0 Å². The highest BCUT2D eigenvalue weighted by molar-refractivity contribution is 6.02. The fourth-order valence-corrected chi connectivity index (χ4v) is 2.48. The third-order valence-corrected chi connectivity index (χ3v) is 3.73. The zero-order valence-electron chi connectivity index (χ0n) is 13.0. The van der Waals surface area contributed by atoms with E-state index in [0.29, 0.717) is 17.6 Å². The van der Waals surface area contributed by atoms with Crippen molar-refractivity contribution in [3.63, 3.8) is 0 Å². The molecule has 0 saturated heterocycles. The summed E-state index contributed by atoms with van der Waals surface area (Å²) in [7, 11) is 0. The molecule has 0 radical (unpaired) electrons. The molecule has 1 aromatic carbocycles. The Morgan fingerprint density at radius 1 is 1.36 bits per heavy atom. The van der Waals surface area contributed by atoms with Crippen LogP contribution in [0.1, 0.15) is 42.7 Å². The van der Waals surface area contributed by atoms with Gasteiger partial charge in [-0.3, -0.25) is 4.90 Å². The van der Waals surface area contributed by atoms with Crippen LogP contribution in [0, 0.1) is 5.82 Å². The topological polar surface area (TPSA) is 53.4 Å². The monoisotopic (exact) mass is 304 g/mol. The van der Waals surface area contributed by atoms with Crippen molar-refractivity contribution in [2.75, 3.05) is 13.1 Å². The van der Waals surface area contributed by atoms with Gasteiger partial charge in [0.2, 0.25) is 0 Å². The van der Waals surface area contributed by atoms with Crippen LogP contribution in [0.5, 0.6) is 0 Å². The number of hydrogen-bond donors (Lipinski definition) is 1. The number of halogens is 1. The molecule has 0 amide bonds. The predicted octanol–water partition coefficient (Wildman–Crippen LogP) is 3.69. The van der Waals surface area contributed by atoms with Crippen molar-refractivity contribution in [3.05, 3.63) is 41.3 Å². The lowest BCUT2D eigenvalue weighted by Gasteiger charge is -2.20. The molecule has 0 spiro atoms. The van der Waals surface area contributed by atoms with Gasteiger partial charge in [-0.15, -0.1) is 0 Å². The van der Waals surface area contributed by atoms with Crippen molar-refractivity contribution in [1.82, 2.24) is 9.88 Å².